The first-order valence-corrected chi connectivity index (χ1v) is 14.1. The van der Waals surface area contributed by atoms with Crippen LogP contribution >= 0.6 is 11.3 Å². The normalized spacial score (nSPS) is 14.9. The maximum Gasteiger partial charge on any atom is 0.338 e. The fourth-order valence-electron chi connectivity index (χ4n) is 4.94. The molecule has 2 heterocycles. The minimum Gasteiger partial charge on any atom is -0.491 e. The minimum absolute atomic E-state index is 0.124. The Labute approximate surface area is 241 Å². The summed E-state index contributed by atoms with van der Waals surface area (Å²) in [4.78, 5) is 32.6. The molecule has 0 N–H and O–H groups in total. The zero-order valence-electron chi connectivity index (χ0n) is 23.2. The molecule has 0 radical (unpaired) electrons. The maximum atomic E-state index is 14.2. The number of carbonyl (C=O) groups excluding carboxylic acids is 1. The SMILES string of the molecule is CCOC(=O)C1=C(C)N=c2s/c(=C\c3c(OCC#N)ccc4ccccc34)c(=O)n2[C@@H]1c1ccccc1OC(C)C. The van der Waals surface area contributed by atoms with Crippen LogP contribution in [0.4, 0.5) is 0 Å². The molecule has 0 aliphatic carbocycles. The monoisotopic (exact) mass is 567 g/mol. The van der Waals surface area contributed by atoms with E-state index in [4.69, 9.17) is 19.5 Å². The van der Waals surface area contributed by atoms with Crippen molar-refractivity contribution in [3.8, 4) is 17.6 Å². The highest BCUT2D eigenvalue weighted by atomic mass is 32.1. The average Bonchev–Trinajstić information content (AvgIpc) is 3.26. The second kappa shape index (κ2) is 11.8. The number of nitrogens with zero attached hydrogens (tertiary/aromatic N) is 3. The van der Waals surface area contributed by atoms with Crippen LogP contribution in [0.15, 0.2) is 81.7 Å². The number of fused-ring (bicyclic) bond motifs is 2. The molecule has 1 atom stereocenters. The second-order valence-electron chi connectivity index (χ2n) is 9.65. The molecule has 4 aromatic rings. The van der Waals surface area contributed by atoms with Gasteiger partial charge in [0.25, 0.3) is 5.56 Å². The Bertz CT molecular complexity index is 1890. The molecular formula is C32H29N3O5S. The third kappa shape index (κ3) is 5.39. The van der Waals surface area contributed by atoms with Gasteiger partial charge in [-0.05, 0) is 56.7 Å². The Hall–Kier alpha value is -4.68. The van der Waals surface area contributed by atoms with Gasteiger partial charge >= 0.3 is 5.97 Å². The summed E-state index contributed by atoms with van der Waals surface area (Å²) in [6, 6.07) is 20.1. The number of hydrogen-bond acceptors (Lipinski definition) is 8. The first kappa shape index (κ1) is 27.9. The number of aromatic nitrogens is 1. The van der Waals surface area contributed by atoms with Crippen molar-refractivity contribution in [3.63, 3.8) is 0 Å². The third-order valence-electron chi connectivity index (χ3n) is 6.59. The quantitative estimate of drug-likeness (QED) is 0.288. The summed E-state index contributed by atoms with van der Waals surface area (Å²) in [5.74, 6) is 0.528. The number of carbonyl (C=O) groups is 1. The topological polar surface area (TPSA) is 103 Å². The molecule has 0 unspecified atom stereocenters. The standard InChI is InChI=1S/C32H29N3O5S/c1-5-38-31(37)28-20(4)34-32-35(29(28)23-12-8-9-13-26(23)40-19(2)3)30(36)27(41-32)18-24-22-11-7-6-10-21(22)14-15-25(24)39-17-16-33/h6-15,18-19,29H,5,17H2,1-4H3/b27-18-/t29-/m1/s1. The summed E-state index contributed by atoms with van der Waals surface area (Å²) in [6.07, 6.45) is 1.65. The molecule has 0 saturated carbocycles. The summed E-state index contributed by atoms with van der Waals surface area (Å²) < 4.78 is 19.2. The van der Waals surface area contributed by atoms with Crippen molar-refractivity contribution in [2.75, 3.05) is 13.2 Å². The number of ether oxygens (including phenoxy) is 3. The van der Waals surface area contributed by atoms with Crippen molar-refractivity contribution in [1.82, 2.24) is 4.57 Å². The van der Waals surface area contributed by atoms with Crippen molar-refractivity contribution in [1.29, 1.82) is 5.26 Å². The van der Waals surface area contributed by atoms with Gasteiger partial charge in [0.2, 0.25) is 0 Å². The summed E-state index contributed by atoms with van der Waals surface area (Å²) in [7, 11) is 0. The summed E-state index contributed by atoms with van der Waals surface area (Å²) in [5, 5.41) is 11.0. The van der Waals surface area contributed by atoms with E-state index < -0.39 is 12.0 Å². The average molecular weight is 568 g/mol. The lowest BCUT2D eigenvalue weighted by molar-refractivity contribution is -0.139. The molecule has 0 spiro atoms. The molecule has 8 nitrogen and oxygen atoms in total. The molecule has 41 heavy (non-hydrogen) atoms. The number of para-hydroxylation sites is 1. The van der Waals surface area contributed by atoms with Crippen LogP contribution < -0.4 is 24.4 Å². The number of esters is 1. The van der Waals surface area contributed by atoms with Crippen molar-refractivity contribution < 1.29 is 19.0 Å². The Morgan fingerprint density at radius 1 is 1.12 bits per heavy atom. The highest BCUT2D eigenvalue weighted by Gasteiger charge is 2.35. The van der Waals surface area contributed by atoms with E-state index in [0.29, 0.717) is 37.7 Å². The van der Waals surface area contributed by atoms with Gasteiger partial charge in [-0.15, -0.1) is 0 Å². The molecule has 3 aromatic carbocycles. The van der Waals surface area contributed by atoms with Crippen LogP contribution in [-0.2, 0) is 9.53 Å². The molecular weight excluding hydrogens is 538 g/mol. The molecule has 1 aliphatic rings. The first-order valence-electron chi connectivity index (χ1n) is 13.3. The molecule has 0 bridgehead atoms. The van der Waals surface area contributed by atoms with E-state index in [1.165, 1.54) is 11.3 Å². The number of rotatable bonds is 8. The molecule has 5 rings (SSSR count). The summed E-state index contributed by atoms with van der Waals surface area (Å²) in [6.45, 7) is 7.39. The van der Waals surface area contributed by atoms with Gasteiger partial charge in [0.1, 0.15) is 23.6 Å². The summed E-state index contributed by atoms with van der Waals surface area (Å²) in [5.41, 5.74) is 1.80. The van der Waals surface area contributed by atoms with Crippen LogP contribution in [-0.4, -0.2) is 29.9 Å². The fraction of sp³-hybridized carbons (Fsp3) is 0.250. The minimum atomic E-state index is -0.802. The molecule has 0 amide bonds. The van der Waals surface area contributed by atoms with E-state index in [2.05, 4.69) is 4.99 Å². The van der Waals surface area contributed by atoms with Crippen molar-refractivity contribution in [3.05, 3.63) is 103 Å². The van der Waals surface area contributed by atoms with Gasteiger partial charge in [-0.3, -0.25) is 9.36 Å². The van der Waals surface area contributed by atoms with Crippen LogP contribution in [0.5, 0.6) is 11.5 Å². The maximum absolute atomic E-state index is 14.2. The Morgan fingerprint density at radius 3 is 2.63 bits per heavy atom. The van der Waals surface area contributed by atoms with E-state index >= 15 is 0 Å². The summed E-state index contributed by atoms with van der Waals surface area (Å²) >= 11 is 1.23. The molecule has 9 heteroatoms. The second-order valence-corrected chi connectivity index (χ2v) is 10.7. The van der Waals surface area contributed by atoms with Crippen LogP contribution in [0.3, 0.4) is 0 Å². The van der Waals surface area contributed by atoms with E-state index in [-0.39, 0.29) is 30.5 Å². The Balaban J connectivity index is 1.79. The van der Waals surface area contributed by atoms with Crippen LogP contribution in [0.25, 0.3) is 16.8 Å². The lowest BCUT2D eigenvalue weighted by atomic mass is 9.95. The predicted molar refractivity (Wildman–Crippen MR) is 158 cm³/mol. The molecule has 0 saturated heterocycles. The molecule has 1 aliphatic heterocycles. The smallest absolute Gasteiger partial charge is 0.338 e. The van der Waals surface area contributed by atoms with Gasteiger partial charge in [0, 0.05) is 11.1 Å². The highest BCUT2D eigenvalue weighted by molar-refractivity contribution is 7.07. The zero-order chi connectivity index (χ0) is 29.1. The highest BCUT2D eigenvalue weighted by Crippen LogP contribution is 2.36. The number of benzene rings is 3. The van der Waals surface area contributed by atoms with Gasteiger partial charge in [-0.25, -0.2) is 9.79 Å². The Kier molecular flexibility index (Phi) is 8.04. The lowest BCUT2D eigenvalue weighted by Gasteiger charge is -2.26. The van der Waals surface area contributed by atoms with Crippen molar-refractivity contribution in [2.45, 2.75) is 39.8 Å². The van der Waals surface area contributed by atoms with Gasteiger partial charge in [-0.2, -0.15) is 5.26 Å². The number of thiazole rings is 1. The zero-order valence-corrected chi connectivity index (χ0v) is 24.0. The van der Waals surface area contributed by atoms with E-state index in [1.54, 1.807) is 30.6 Å². The first-order chi connectivity index (χ1) is 19.8. The number of nitriles is 1. The van der Waals surface area contributed by atoms with Crippen LogP contribution in [0.2, 0.25) is 0 Å². The van der Waals surface area contributed by atoms with Crippen molar-refractivity contribution in [2.24, 2.45) is 4.99 Å². The van der Waals surface area contributed by atoms with Crippen LogP contribution in [0.1, 0.15) is 44.9 Å². The lowest BCUT2D eigenvalue weighted by Crippen LogP contribution is -2.40. The van der Waals surface area contributed by atoms with Gasteiger partial charge < -0.3 is 14.2 Å². The molecule has 1 aromatic heterocycles. The Morgan fingerprint density at radius 2 is 1.88 bits per heavy atom. The van der Waals surface area contributed by atoms with E-state index in [1.807, 2.05) is 74.5 Å². The molecule has 208 valence electrons. The van der Waals surface area contributed by atoms with Gasteiger partial charge in [-0.1, -0.05) is 59.9 Å². The predicted octanol–water partition coefficient (Wildman–Crippen LogP) is 4.64. The molecule has 0 fully saturated rings. The number of hydrogen-bond donors (Lipinski definition) is 0. The van der Waals surface area contributed by atoms with Gasteiger partial charge in [0.15, 0.2) is 11.4 Å². The van der Waals surface area contributed by atoms with Crippen molar-refractivity contribution >= 4 is 34.2 Å². The van der Waals surface area contributed by atoms with Crippen LogP contribution in [0, 0.1) is 11.3 Å². The van der Waals surface area contributed by atoms with E-state index in [0.717, 1.165) is 10.8 Å². The fourth-order valence-corrected chi connectivity index (χ4v) is 5.97. The van der Waals surface area contributed by atoms with Gasteiger partial charge in [0.05, 0.1) is 28.5 Å². The largest absolute Gasteiger partial charge is 0.491 e. The third-order valence-corrected chi connectivity index (χ3v) is 7.57. The van der Waals surface area contributed by atoms with E-state index in [9.17, 15) is 9.59 Å². The number of allylic oxidation sites excluding steroid dienone is 1.